The number of nitrogens with two attached hydrogens (primary N) is 1. The molecule has 1 aliphatic rings. The molecule has 0 heterocycles. The van der Waals surface area contributed by atoms with Crippen LogP contribution in [-0.4, -0.2) is 18.8 Å². The molecule has 2 rings (SSSR count). The summed E-state index contributed by atoms with van der Waals surface area (Å²) in [4.78, 5) is 0. The summed E-state index contributed by atoms with van der Waals surface area (Å²) in [7, 11) is 0. The monoisotopic (exact) mass is 277 g/mol. The summed E-state index contributed by atoms with van der Waals surface area (Å²) in [6, 6.07) is 7.83. The molecule has 3 nitrogen and oxygen atoms in total. The van der Waals surface area contributed by atoms with Crippen molar-refractivity contribution < 1.29 is 9.47 Å². The third kappa shape index (κ3) is 4.14. The van der Waals surface area contributed by atoms with Crippen molar-refractivity contribution in [2.75, 3.05) is 13.2 Å². The fourth-order valence-electron chi connectivity index (χ4n) is 2.80. The Morgan fingerprint density at radius 3 is 2.35 bits per heavy atom. The molecule has 0 saturated heterocycles. The molecule has 2 N–H and O–H groups in total. The van der Waals surface area contributed by atoms with Crippen molar-refractivity contribution in [3.05, 3.63) is 24.3 Å². The number of rotatable bonds is 6. The van der Waals surface area contributed by atoms with Crippen LogP contribution in [0.3, 0.4) is 0 Å². The van der Waals surface area contributed by atoms with E-state index in [2.05, 4.69) is 6.92 Å². The van der Waals surface area contributed by atoms with Crippen LogP contribution in [0.15, 0.2) is 24.3 Å². The molecular formula is C17H27NO2. The van der Waals surface area contributed by atoms with Gasteiger partial charge in [-0.15, -0.1) is 0 Å². The summed E-state index contributed by atoms with van der Waals surface area (Å²) in [5.41, 5.74) is 6.44. The summed E-state index contributed by atoms with van der Waals surface area (Å²) in [6.45, 7) is 5.61. The third-order valence-electron chi connectivity index (χ3n) is 4.28. The first-order chi connectivity index (χ1) is 9.63. The van der Waals surface area contributed by atoms with Gasteiger partial charge in [0.25, 0.3) is 0 Å². The highest BCUT2D eigenvalue weighted by atomic mass is 16.5. The summed E-state index contributed by atoms with van der Waals surface area (Å²) in [6.07, 6.45) is 5.63. The van der Waals surface area contributed by atoms with Gasteiger partial charge in [-0.05, 0) is 57.1 Å². The van der Waals surface area contributed by atoms with E-state index in [1.807, 2.05) is 31.2 Å². The molecule has 0 bridgehead atoms. The van der Waals surface area contributed by atoms with E-state index in [9.17, 15) is 0 Å². The van der Waals surface area contributed by atoms with E-state index in [0.29, 0.717) is 13.2 Å². The number of para-hydroxylation sites is 2. The van der Waals surface area contributed by atoms with E-state index in [4.69, 9.17) is 15.2 Å². The van der Waals surface area contributed by atoms with Gasteiger partial charge >= 0.3 is 0 Å². The maximum atomic E-state index is 6.47. The summed E-state index contributed by atoms with van der Waals surface area (Å²) in [5.74, 6) is 2.46. The van der Waals surface area contributed by atoms with Crippen molar-refractivity contribution in [3.8, 4) is 11.5 Å². The fourth-order valence-corrected chi connectivity index (χ4v) is 2.80. The number of ether oxygens (including phenoxy) is 2. The van der Waals surface area contributed by atoms with Crippen LogP contribution in [0.1, 0.15) is 46.0 Å². The van der Waals surface area contributed by atoms with E-state index >= 15 is 0 Å². The number of benzene rings is 1. The highest BCUT2D eigenvalue weighted by Gasteiger charge is 2.29. The molecule has 0 aliphatic heterocycles. The highest BCUT2D eigenvalue weighted by Crippen LogP contribution is 2.33. The van der Waals surface area contributed by atoms with Crippen LogP contribution < -0.4 is 15.2 Å². The number of hydrogen-bond acceptors (Lipinski definition) is 3. The van der Waals surface area contributed by atoms with Crippen LogP contribution in [-0.2, 0) is 0 Å². The molecule has 20 heavy (non-hydrogen) atoms. The molecule has 0 aromatic heterocycles. The lowest BCUT2D eigenvalue weighted by Crippen LogP contribution is -2.44. The molecule has 0 atom stereocenters. The average Bonchev–Trinajstić information content (AvgIpc) is 2.45. The Balaban J connectivity index is 1.83. The van der Waals surface area contributed by atoms with Crippen LogP contribution in [0.4, 0.5) is 0 Å². The minimum absolute atomic E-state index is 0.0347. The molecule has 1 aromatic rings. The van der Waals surface area contributed by atoms with Gasteiger partial charge in [0, 0.05) is 5.54 Å². The molecule has 0 amide bonds. The second-order valence-electron chi connectivity index (χ2n) is 6.02. The Labute approximate surface area is 122 Å². The van der Waals surface area contributed by atoms with Crippen molar-refractivity contribution >= 4 is 0 Å². The van der Waals surface area contributed by atoms with Crippen molar-refractivity contribution in [1.29, 1.82) is 0 Å². The number of hydrogen-bond donors (Lipinski definition) is 1. The lowest BCUT2D eigenvalue weighted by molar-refractivity contribution is 0.187. The topological polar surface area (TPSA) is 44.5 Å². The zero-order chi connectivity index (χ0) is 14.4. The first kappa shape index (κ1) is 15.2. The van der Waals surface area contributed by atoms with Crippen molar-refractivity contribution in [2.45, 2.75) is 51.5 Å². The van der Waals surface area contributed by atoms with E-state index in [1.165, 1.54) is 12.8 Å². The second-order valence-corrected chi connectivity index (χ2v) is 6.02. The van der Waals surface area contributed by atoms with Crippen molar-refractivity contribution in [1.82, 2.24) is 0 Å². The first-order valence-corrected chi connectivity index (χ1v) is 7.76. The van der Waals surface area contributed by atoms with Crippen LogP contribution >= 0.6 is 0 Å². The van der Waals surface area contributed by atoms with E-state index < -0.39 is 0 Å². The quantitative estimate of drug-likeness (QED) is 0.861. The lowest BCUT2D eigenvalue weighted by Gasteiger charge is -2.36. The van der Waals surface area contributed by atoms with Gasteiger partial charge in [0.2, 0.25) is 0 Å². The normalized spacial score (nSPS) is 26.2. The maximum absolute atomic E-state index is 6.47. The Morgan fingerprint density at radius 2 is 1.75 bits per heavy atom. The van der Waals surface area contributed by atoms with Crippen LogP contribution in [0, 0.1) is 5.92 Å². The molecule has 1 fully saturated rings. The lowest BCUT2D eigenvalue weighted by atomic mass is 9.76. The van der Waals surface area contributed by atoms with E-state index in [1.54, 1.807) is 0 Å². The van der Waals surface area contributed by atoms with Gasteiger partial charge in [0.1, 0.15) is 0 Å². The molecule has 1 aliphatic carbocycles. The highest BCUT2D eigenvalue weighted by molar-refractivity contribution is 5.39. The van der Waals surface area contributed by atoms with Gasteiger partial charge in [-0.1, -0.05) is 19.1 Å². The molecule has 1 aromatic carbocycles. The minimum atomic E-state index is -0.0347. The molecule has 3 heteroatoms. The molecule has 1 saturated carbocycles. The van der Waals surface area contributed by atoms with Gasteiger partial charge in [-0.3, -0.25) is 0 Å². The molecular weight excluding hydrogens is 250 g/mol. The Bertz CT molecular complexity index is 411. The Kier molecular flexibility index (Phi) is 5.30. The molecule has 0 radical (unpaired) electrons. The summed E-state index contributed by atoms with van der Waals surface area (Å²) >= 11 is 0. The average molecular weight is 277 g/mol. The standard InChI is InChI=1S/C17H27NO2/c1-3-19-15-6-4-5-7-16(15)20-13-12-17(18)10-8-14(2)9-11-17/h4-7,14H,3,8-13,18H2,1-2H3. The zero-order valence-corrected chi connectivity index (χ0v) is 12.7. The smallest absolute Gasteiger partial charge is 0.161 e. The molecule has 0 unspecified atom stereocenters. The van der Waals surface area contributed by atoms with Gasteiger partial charge in [0.05, 0.1) is 13.2 Å². The summed E-state index contributed by atoms with van der Waals surface area (Å²) < 4.78 is 11.4. The Morgan fingerprint density at radius 1 is 1.15 bits per heavy atom. The van der Waals surface area contributed by atoms with Gasteiger partial charge in [0.15, 0.2) is 11.5 Å². The largest absolute Gasteiger partial charge is 0.490 e. The molecule has 112 valence electrons. The van der Waals surface area contributed by atoms with Crippen LogP contribution in [0.5, 0.6) is 11.5 Å². The van der Waals surface area contributed by atoms with E-state index in [-0.39, 0.29) is 5.54 Å². The SMILES string of the molecule is CCOc1ccccc1OCCC1(N)CCC(C)CC1. The third-order valence-corrected chi connectivity index (χ3v) is 4.28. The Hall–Kier alpha value is -1.22. The van der Waals surface area contributed by atoms with Gasteiger partial charge in [-0.25, -0.2) is 0 Å². The van der Waals surface area contributed by atoms with Crippen LogP contribution in [0.2, 0.25) is 0 Å². The van der Waals surface area contributed by atoms with Crippen molar-refractivity contribution in [2.24, 2.45) is 11.7 Å². The predicted octanol–water partition coefficient (Wildman–Crippen LogP) is 3.76. The summed E-state index contributed by atoms with van der Waals surface area (Å²) in [5, 5.41) is 0. The van der Waals surface area contributed by atoms with Crippen LogP contribution in [0.25, 0.3) is 0 Å². The fraction of sp³-hybridized carbons (Fsp3) is 0.647. The predicted molar refractivity (Wildman–Crippen MR) is 82.3 cm³/mol. The maximum Gasteiger partial charge on any atom is 0.161 e. The zero-order valence-electron chi connectivity index (χ0n) is 12.7. The van der Waals surface area contributed by atoms with E-state index in [0.717, 1.165) is 36.7 Å². The van der Waals surface area contributed by atoms with Crippen molar-refractivity contribution in [3.63, 3.8) is 0 Å². The minimum Gasteiger partial charge on any atom is -0.490 e. The van der Waals surface area contributed by atoms with Gasteiger partial charge in [-0.2, -0.15) is 0 Å². The van der Waals surface area contributed by atoms with Gasteiger partial charge < -0.3 is 15.2 Å². The molecule has 0 spiro atoms. The second kappa shape index (κ2) is 6.98. The first-order valence-electron chi connectivity index (χ1n) is 7.76.